The normalized spacial score (nSPS) is 14.4. The molecule has 0 radical (unpaired) electrons. The molecule has 2 N–H and O–H groups in total. The summed E-state index contributed by atoms with van der Waals surface area (Å²) in [6, 6.07) is 4.56. The monoisotopic (exact) mass is 438 g/mol. The molecular weight excluding hydrogens is 415 g/mol. The highest BCUT2D eigenvalue weighted by atomic mass is 19.1. The van der Waals surface area contributed by atoms with Crippen LogP contribution in [0.25, 0.3) is 16.8 Å². The van der Waals surface area contributed by atoms with Crippen LogP contribution in [0.1, 0.15) is 23.1 Å². The van der Waals surface area contributed by atoms with Crippen LogP contribution >= 0.6 is 0 Å². The predicted octanol–water partition coefficient (Wildman–Crippen LogP) is 2.26. The van der Waals surface area contributed by atoms with Crippen LogP contribution in [0.15, 0.2) is 36.8 Å². The molecule has 1 unspecified atom stereocenters. The van der Waals surface area contributed by atoms with Gasteiger partial charge in [-0.3, -0.25) is 9.67 Å². The Balaban J connectivity index is 1.52. The molecule has 0 bridgehead atoms. The molecule has 0 amide bonds. The Labute approximate surface area is 183 Å². The molecular formula is C22H23FN6O3. The molecule has 10 heteroatoms. The van der Waals surface area contributed by atoms with Gasteiger partial charge in [-0.05, 0) is 30.7 Å². The third kappa shape index (κ3) is 3.57. The minimum atomic E-state index is -1.03. The number of aliphatic hydroxyl groups excluding tert-OH is 1. The molecule has 1 atom stereocenters. The largest absolute Gasteiger partial charge is 0.493 e. The second-order valence-electron chi connectivity index (χ2n) is 7.65. The number of nitrogens with zero attached hydrogens (tertiary/aromatic N) is 5. The van der Waals surface area contributed by atoms with Crippen molar-refractivity contribution in [1.82, 2.24) is 29.7 Å². The first-order chi connectivity index (χ1) is 15.5. The number of rotatable bonds is 6. The lowest BCUT2D eigenvalue weighted by molar-refractivity contribution is 0.105. The van der Waals surface area contributed by atoms with Crippen molar-refractivity contribution in [3.8, 4) is 22.8 Å². The van der Waals surface area contributed by atoms with Gasteiger partial charge < -0.3 is 19.9 Å². The Morgan fingerprint density at radius 1 is 1.28 bits per heavy atom. The maximum absolute atomic E-state index is 13.1. The SMILES string of the molecule is COc1cnn2cc(-c3nn4c(c3C)CNCC4)cc(OCC(O)c3ccc(F)cn3)c12. The maximum atomic E-state index is 13.1. The van der Waals surface area contributed by atoms with Gasteiger partial charge in [-0.1, -0.05) is 0 Å². The second-order valence-corrected chi connectivity index (χ2v) is 7.65. The van der Waals surface area contributed by atoms with Crippen molar-refractivity contribution in [3.63, 3.8) is 0 Å². The van der Waals surface area contributed by atoms with Gasteiger partial charge in [-0.2, -0.15) is 10.2 Å². The third-order valence-electron chi connectivity index (χ3n) is 5.64. The van der Waals surface area contributed by atoms with Crippen molar-refractivity contribution < 1.29 is 19.0 Å². The summed E-state index contributed by atoms with van der Waals surface area (Å²) in [6.07, 6.45) is 3.53. The number of pyridine rings is 2. The maximum Gasteiger partial charge on any atom is 0.168 e. The number of aromatic nitrogens is 5. The molecule has 32 heavy (non-hydrogen) atoms. The van der Waals surface area contributed by atoms with Gasteiger partial charge in [0, 0.05) is 24.8 Å². The summed E-state index contributed by atoms with van der Waals surface area (Å²) in [5, 5.41) is 23.0. The number of ether oxygens (including phenoxy) is 2. The summed E-state index contributed by atoms with van der Waals surface area (Å²) >= 11 is 0. The lowest BCUT2D eigenvalue weighted by Crippen LogP contribution is -2.28. The van der Waals surface area contributed by atoms with Crippen LogP contribution in [0.2, 0.25) is 0 Å². The van der Waals surface area contributed by atoms with Crippen LogP contribution in [0.4, 0.5) is 4.39 Å². The summed E-state index contributed by atoms with van der Waals surface area (Å²) < 4.78 is 28.3. The molecule has 1 aliphatic heterocycles. The Bertz CT molecular complexity index is 1270. The molecule has 166 valence electrons. The van der Waals surface area contributed by atoms with Crippen LogP contribution < -0.4 is 14.8 Å². The second kappa shape index (κ2) is 8.21. The van der Waals surface area contributed by atoms with Crippen LogP contribution in [-0.4, -0.2) is 49.7 Å². The number of aliphatic hydroxyl groups is 1. The molecule has 5 heterocycles. The molecule has 0 saturated carbocycles. The fourth-order valence-electron chi connectivity index (χ4n) is 3.95. The highest BCUT2D eigenvalue weighted by Gasteiger charge is 2.21. The van der Waals surface area contributed by atoms with Crippen molar-refractivity contribution in [3.05, 3.63) is 59.6 Å². The molecule has 0 aliphatic carbocycles. The molecule has 0 fully saturated rings. The first kappa shape index (κ1) is 20.4. The molecule has 4 aromatic heterocycles. The van der Waals surface area contributed by atoms with E-state index < -0.39 is 11.9 Å². The first-order valence-electron chi connectivity index (χ1n) is 10.3. The van der Waals surface area contributed by atoms with E-state index in [1.54, 1.807) is 17.8 Å². The van der Waals surface area contributed by atoms with E-state index in [0.29, 0.717) is 22.7 Å². The Morgan fingerprint density at radius 2 is 2.16 bits per heavy atom. The van der Waals surface area contributed by atoms with Crippen LogP contribution in [0.3, 0.4) is 0 Å². The zero-order chi connectivity index (χ0) is 22.2. The average molecular weight is 438 g/mol. The average Bonchev–Trinajstić information content (AvgIpc) is 3.38. The molecule has 0 saturated heterocycles. The summed E-state index contributed by atoms with van der Waals surface area (Å²) in [7, 11) is 1.56. The third-order valence-corrected chi connectivity index (χ3v) is 5.64. The van der Waals surface area contributed by atoms with E-state index in [0.717, 1.165) is 48.3 Å². The molecule has 9 nitrogen and oxygen atoms in total. The molecule has 0 aromatic carbocycles. The molecule has 5 rings (SSSR count). The highest BCUT2D eigenvalue weighted by molar-refractivity contribution is 5.75. The number of hydrogen-bond acceptors (Lipinski definition) is 7. The van der Waals surface area contributed by atoms with E-state index in [2.05, 4.69) is 22.3 Å². The first-order valence-corrected chi connectivity index (χ1v) is 10.3. The zero-order valence-corrected chi connectivity index (χ0v) is 17.7. The summed E-state index contributed by atoms with van der Waals surface area (Å²) in [6.45, 7) is 4.45. The van der Waals surface area contributed by atoms with Crippen LogP contribution in [0.5, 0.6) is 11.5 Å². The lowest BCUT2D eigenvalue weighted by atomic mass is 10.1. The Kier molecular flexibility index (Phi) is 5.24. The lowest BCUT2D eigenvalue weighted by Gasteiger charge is -2.14. The van der Waals surface area contributed by atoms with Crippen molar-refractivity contribution in [2.75, 3.05) is 20.3 Å². The van der Waals surface area contributed by atoms with Crippen LogP contribution in [0, 0.1) is 12.7 Å². The molecule has 0 spiro atoms. The zero-order valence-electron chi connectivity index (χ0n) is 17.7. The van der Waals surface area contributed by atoms with E-state index in [-0.39, 0.29) is 6.61 Å². The van der Waals surface area contributed by atoms with Crippen molar-refractivity contribution in [1.29, 1.82) is 0 Å². The van der Waals surface area contributed by atoms with Gasteiger partial charge in [-0.25, -0.2) is 8.91 Å². The standard InChI is InChI=1S/C22H23FN6O3/c1-13-17-9-24-5-6-28(17)27-21(13)14-7-19(22-20(31-2)10-26-29(22)11-14)32-12-18(30)16-4-3-15(23)8-25-16/h3-4,7-8,10-11,18,24,30H,5-6,9,12H2,1-2H3. The molecule has 1 aliphatic rings. The van der Waals surface area contributed by atoms with E-state index in [9.17, 15) is 9.50 Å². The minimum Gasteiger partial charge on any atom is -0.493 e. The quantitative estimate of drug-likeness (QED) is 0.476. The van der Waals surface area contributed by atoms with E-state index >= 15 is 0 Å². The van der Waals surface area contributed by atoms with E-state index in [1.165, 1.54) is 12.1 Å². The molecule has 4 aromatic rings. The highest BCUT2D eigenvalue weighted by Crippen LogP contribution is 2.35. The van der Waals surface area contributed by atoms with Crippen molar-refractivity contribution in [2.24, 2.45) is 0 Å². The van der Waals surface area contributed by atoms with Crippen molar-refractivity contribution >= 4 is 5.52 Å². The topological polar surface area (TPSA) is 98.7 Å². The number of methoxy groups -OCH3 is 1. The fraction of sp³-hybridized carbons (Fsp3) is 0.318. The number of hydrogen-bond donors (Lipinski definition) is 2. The van der Waals surface area contributed by atoms with Crippen LogP contribution in [-0.2, 0) is 13.1 Å². The minimum absolute atomic E-state index is 0.0747. The summed E-state index contributed by atoms with van der Waals surface area (Å²) in [4.78, 5) is 3.92. The number of nitrogens with one attached hydrogen (secondary N) is 1. The van der Waals surface area contributed by atoms with Gasteiger partial charge in [-0.15, -0.1) is 0 Å². The Hall–Kier alpha value is -3.50. The fourth-order valence-corrected chi connectivity index (χ4v) is 3.95. The van der Waals surface area contributed by atoms with Gasteiger partial charge in [0.1, 0.15) is 24.3 Å². The van der Waals surface area contributed by atoms with Crippen molar-refractivity contribution in [2.45, 2.75) is 26.1 Å². The number of fused-ring (bicyclic) bond motifs is 2. The summed E-state index contributed by atoms with van der Waals surface area (Å²) in [5.41, 5.74) is 4.91. The number of halogens is 1. The van der Waals surface area contributed by atoms with Gasteiger partial charge >= 0.3 is 0 Å². The summed E-state index contributed by atoms with van der Waals surface area (Å²) in [5.74, 6) is 0.570. The smallest absolute Gasteiger partial charge is 0.168 e. The predicted molar refractivity (Wildman–Crippen MR) is 114 cm³/mol. The Morgan fingerprint density at radius 3 is 2.91 bits per heavy atom. The van der Waals surface area contributed by atoms with Gasteiger partial charge in [0.15, 0.2) is 11.3 Å². The van der Waals surface area contributed by atoms with Gasteiger partial charge in [0.25, 0.3) is 0 Å². The van der Waals surface area contributed by atoms with Gasteiger partial charge in [0.05, 0.1) is 43.1 Å². The van der Waals surface area contributed by atoms with Gasteiger partial charge in [0.2, 0.25) is 0 Å². The van der Waals surface area contributed by atoms with E-state index in [4.69, 9.17) is 14.6 Å². The van der Waals surface area contributed by atoms with E-state index in [1.807, 2.05) is 16.9 Å².